The summed E-state index contributed by atoms with van der Waals surface area (Å²) < 4.78 is 0. The van der Waals surface area contributed by atoms with Crippen LogP contribution in [0.5, 0.6) is 5.75 Å². The number of rotatable bonds is 3. The Morgan fingerprint density at radius 3 is 1.78 bits per heavy atom. The van der Waals surface area contributed by atoms with Crippen LogP contribution in [0.4, 0.5) is 0 Å². The van der Waals surface area contributed by atoms with Crippen molar-refractivity contribution in [1.29, 1.82) is 0 Å². The maximum absolute atomic E-state index is 11.0. The fourth-order valence-electron chi connectivity index (χ4n) is 3.89. The first kappa shape index (κ1) is 22.3. The van der Waals surface area contributed by atoms with E-state index in [-0.39, 0.29) is 10.8 Å². The molecule has 0 fully saturated rings. The third kappa shape index (κ3) is 4.37. The summed E-state index contributed by atoms with van der Waals surface area (Å²) in [7, 11) is 0. The Kier molecular flexibility index (Phi) is 5.76. The molecule has 0 atom stereocenters. The van der Waals surface area contributed by atoms with Gasteiger partial charge in [-0.25, -0.2) is 0 Å². The molecule has 0 amide bonds. The lowest BCUT2D eigenvalue weighted by atomic mass is 9.79. The number of phenols is 1. The molecule has 32 heavy (non-hydrogen) atoms. The van der Waals surface area contributed by atoms with Gasteiger partial charge < -0.3 is 5.11 Å². The van der Waals surface area contributed by atoms with Gasteiger partial charge in [-0.05, 0) is 23.0 Å². The highest BCUT2D eigenvalue weighted by atomic mass is 32.2. The lowest BCUT2D eigenvalue weighted by molar-refractivity contribution is 0.422. The first-order chi connectivity index (χ1) is 15.1. The molecule has 0 bridgehead atoms. The van der Waals surface area contributed by atoms with Gasteiger partial charge in [-0.3, -0.25) is 0 Å². The van der Waals surface area contributed by atoms with Crippen molar-refractivity contribution in [1.82, 2.24) is 10.2 Å². The molecule has 0 saturated carbocycles. The summed E-state index contributed by atoms with van der Waals surface area (Å²) >= 11 is 1.61. The fraction of sp³-hybridized carbons (Fsp3) is 0.286. The second-order valence-corrected chi connectivity index (χ2v) is 11.3. The number of hydrogen-bond acceptors (Lipinski definition) is 4. The summed E-state index contributed by atoms with van der Waals surface area (Å²) in [5, 5.41) is 23.3. The summed E-state index contributed by atoms with van der Waals surface area (Å²) in [6.07, 6.45) is 0. The molecule has 0 saturated heterocycles. The van der Waals surface area contributed by atoms with Crippen molar-refractivity contribution < 1.29 is 5.11 Å². The molecular weight excluding hydrogens is 412 g/mol. The molecule has 1 N–H and O–H groups in total. The minimum atomic E-state index is -0.175. The van der Waals surface area contributed by atoms with Crippen LogP contribution in [-0.4, -0.2) is 15.3 Å². The van der Waals surface area contributed by atoms with E-state index in [1.165, 1.54) is 0 Å². The summed E-state index contributed by atoms with van der Waals surface area (Å²) in [5.41, 5.74) is 3.50. The highest BCUT2D eigenvalue weighted by Gasteiger charge is 2.27. The number of phenolic OH excluding ortho intramolecular Hbond substituents is 1. The van der Waals surface area contributed by atoms with Gasteiger partial charge in [0.1, 0.15) is 16.5 Å². The molecule has 4 rings (SSSR count). The Hall–Kier alpha value is -2.85. The van der Waals surface area contributed by atoms with E-state index in [0.717, 1.165) is 43.1 Å². The second kappa shape index (κ2) is 8.25. The molecule has 1 heterocycles. The third-order valence-electron chi connectivity index (χ3n) is 5.61. The van der Waals surface area contributed by atoms with Crippen molar-refractivity contribution in [2.75, 3.05) is 0 Å². The molecule has 1 aromatic heterocycles. The predicted octanol–water partition coefficient (Wildman–Crippen LogP) is 7.75. The topological polar surface area (TPSA) is 46.0 Å². The second-order valence-electron chi connectivity index (χ2n) is 10.2. The van der Waals surface area contributed by atoms with Crippen LogP contribution in [0.1, 0.15) is 52.7 Å². The Labute approximate surface area is 194 Å². The van der Waals surface area contributed by atoms with Crippen molar-refractivity contribution in [3.63, 3.8) is 0 Å². The van der Waals surface area contributed by atoms with E-state index in [0.29, 0.717) is 5.75 Å². The zero-order valence-corrected chi connectivity index (χ0v) is 20.4. The van der Waals surface area contributed by atoms with E-state index in [2.05, 4.69) is 88.1 Å². The van der Waals surface area contributed by atoms with Gasteiger partial charge >= 0.3 is 0 Å². The lowest BCUT2D eigenvalue weighted by Crippen LogP contribution is -2.17. The molecule has 3 nitrogen and oxygen atoms in total. The molecule has 0 spiro atoms. The van der Waals surface area contributed by atoms with E-state index >= 15 is 0 Å². The highest BCUT2D eigenvalue weighted by Crippen LogP contribution is 2.44. The molecule has 4 aromatic rings. The van der Waals surface area contributed by atoms with Gasteiger partial charge in [0, 0.05) is 32.4 Å². The van der Waals surface area contributed by atoms with Gasteiger partial charge in [0.15, 0.2) is 0 Å². The smallest absolute Gasteiger partial charge is 0.131 e. The van der Waals surface area contributed by atoms with Gasteiger partial charge in [-0.1, -0.05) is 108 Å². The standard InChI is InChI=1S/C28H30N2OS/c1-27(2,3)22-16-19(17-23(25(22)31)28(4,5)6)32-26-21-15-11-10-14-20(21)24(29-30-26)18-12-8-7-9-13-18/h7-17,31H,1-6H3. The molecule has 4 heteroatoms. The van der Waals surface area contributed by atoms with Crippen LogP contribution >= 0.6 is 11.8 Å². The van der Waals surface area contributed by atoms with E-state index in [9.17, 15) is 5.11 Å². The van der Waals surface area contributed by atoms with Gasteiger partial charge in [-0.15, -0.1) is 10.2 Å². The van der Waals surface area contributed by atoms with Gasteiger partial charge in [0.25, 0.3) is 0 Å². The van der Waals surface area contributed by atoms with Crippen LogP contribution in [0.3, 0.4) is 0 Å². The van der Waals surface area contributed by atoms with Crippen LogP contribution < -0.4 is 0 Å². The van der Waals surface area contributed by atoms with Crippen molar-refractivity contribution in [3.8, 4) is 17.0 Å². The first-order valence-electron chi connectivity index (χ1n) is 10.9. The Balaban J connectivity index is 1.86. The SMILES string of the molecule is CC(C)(C)c1cc(Sc2nnc(-c3ccccc3)c3ccccc23)cc(C(C)(C)C)c1O. The van der Waals surface area contributed by atoms with Crippen LogP contribution in [-0.2, 0) is 10.8 Å². The first-order valence-corrected chi connectivity index (χ1v) is 11.7. The number of nitrogens with zero attached hydrogens (tertiary/aromatic N) is 2. The van der Waals surface area contributed by atoms with Crippen molar-refractivity contribution in [2.45, 2.75) is 62.3 Å². The number of fused-ring (bicyclic) bond motifs is 1. The minimum Gasteiger partial charge on any atom is -0.507 e. The van der Waals surface area contributed by atoms with Crippen LogP contribution in [0.15, 0.2) is 76.7 Å². The molecule has 0 radical (unpaired) electrons. The summed E-state index contributed by atoms with van der Waals surface area (Å²) in [6, 6.07) is 22.7. The van der Waals surface area contributed by atoms with Gasteiger partial charge in [0.05, 0.1) is 0 Å². The van der Waals surface area contributed by atoms with Crippen LogP contribution in [0.2, 0.25) is 0 Å². The normalized spacial score (nSPS) is 12.3. The number of aromatic hydroxyl groups is 1. The van der Waals surface area contributed by atoms with E-state index in [4.69, 9.17) is 0 Å². The average Bonchev–Trinajstić information content (AvgIpc) is 2.74. The maximum Gasteiger partial charge on any atom is 0.131 e. The Bertz CT molecular complexity index is 1230. The average molecular weight is 443 g/mol. The third-order valence-corrected chi connectivity index (χ3v) is 6.58. The molecular formula is C28H30N2OS. The van der Waals surface area contributed by atoms with E-state index in [1.54, 1.807) is 11.8 Å². The molecule has 0 aliphatic rings. The number of benzene rings is 3. The van der Waals surface area contributed by atoms with Crippen molar-refractivity contribution >= 4 is 22.5 Å². The summed E-state index contributed by atoms with van der Waals surface area (Å²) in [5.74, 6) is 0.393. The molecule has 0 aliphatic heterocycles. The summed E-state index contributed by atoms with van der Waals surface area (Å²) in [6.45, 7) is 12.8. The Morgan fingerprint density at radius 2 is 1.22 bits per heavy atom. The van der Waals surface area contributed by atoms with Crippen LogP contribution in [0, 0.1) is 0 Å². The maximum atomic E-state index is 11.0. The fourth-order valence-corrected chi connectivity index (χ4v) is 4.83. The van der Waals surface area contributed by atoms with Crippen molar-refractivity contribution in [3.05, 3.63) is 77.9 Å². The minimum absolute atomic E-state index is 0.175. The van der Waals surface area contributed by atoms with Gasteiger partial charge in [-0.2, -0.15) is 0 Å². The quantitative estimate of drug-likeness (QED) is 0.352. The lowest BCUT2D eigenvalue weighted by Gasteiger charge is -2.28. The van der Waals surface area contributed by atoms with E-state index in [1.807, 2.05) is 30.3 Å². The van der Waals surface area contributed by atoms with Gasteiger partial charge in [0.2, 0.25) is 0 Å². The predicted molar refractivity (Wildman–Crippen MR) is 135 cm³/mol. The van der Waals surface area contributed by atoms with Crippen LogP contribution in [0.25, 0.3) is 22.0 Å². The largest absolute Gasteiger partial charge is 0.507 e. The zero-order chi connectivity index (χ0) is 23.1. The highest BCUT2D eigenvalue weighted by molar-refractivity contribution is 7.99. The molecule has 0 unspecified atom stereocenters. The Morgan fingerprint density at radius 1 is 0.688 bits per heavy atom. The molecule has 164 valence electrons. The monoisotopic (exact) mass is 442 g/mol. The number of aromatic nitrogens is 2. The zero-order valence-electron chi connectivity index (χ0n) is 19.6. The van der Waals surface area contributed by atoms with E-state index < -0.39 is 0 Å². The molecule has 0 aliphatic carbocycles. The van der Waals surface area contributed by atoms with Crippen molar-refractivity contribution in [2.24, 2.45) is 0 Å². The number of hydrogen-bond donors (Lipinski definition) is 1. The molecule has 3 aromatic carbocycles. The summed E-state index contributed by atoms with van der Waals surface area (Å²) in [4.78, 5) is 1.06.